The van der Waals surface area contributed by atoms with Gasteiger partial charge in [-0.2, -0.15) is 18.3 Å². The van der Waals surface area contributed by atoms with Gasteiger partial charge in [-0.3, -0.25) is 4.79 Å². The molecule has 9 heteroatoms. The molecule has 0 saturated heterocycles. The summed E-state index contributed by atoms with van der Waals surface area (Å²) in [7, 11) is 0. The van der Waals surface area contributed by atoms with Crippen LogP contribution in [0.15, 0.2) is 30.9 Å². The van der Waals surface area contributed by atoms with Crippen molar-refractivity contribution in [3.63, 3.8) is 0 Å². The van der Waals surface area contributed by atoms with Crippen molar-refractivity contribution in [2.45, 2.75) is 12.7 Å². The molecule has 0 spiro atoms. The number of amides is 1. The van der Waals surface area contributed by atoms with Gasteiger partial charge in [0.2, 0.25) is 5.91 Å². The second kappa shape index (κ2) is 5.49. The van der Waals surface area contributed by atoms with Gasteiger partial charge in [0, 0.05) is 5.69 Å². The summed E-state index contributed by atoms with van der Waals surface area (Å²) in [6.45, 7) is -0.149. The van der Waals surface area contributed by atoms with E-state index >= 15 is 0 Å². The lowest BCUT2D eigenvalue weighted by atomic mass is 10.2. The molecule has 0 aliphatic carbocycles. The number of carbonyl (C=O) groups excluding carboxylic acids is 1. The van der Waals surface area contributed by atoms with Gasteiger partial charge in [-0.05, 0) is 18.2 Å². The molecule has 5 nitrogen and oxygen atoms in total. The number of hydrogen-bond acceptors (Lipinski definition) is 3. The minimum Gasteiger partial charge on any atom is -0.324 e. The Kier molecular flexibility index (Phi) is 3.93. The zero-order chi connectivity index (χ0) is 14.8. The lowest BCUT2D eigenvalue weighted by Gasteiger charge is -2.11. The molecule has 0 aliphatic heterocycles. The Morgan fingerprint density at radius 1 is 1.40 bits per heavy atom. The van der Waals surface area contributed by atoms with E-state index < -0.39 is 22.7 Å². The summed E-state index contributed by atoms with van der Waals surface area (Å²) in [6, 6.07) is 3.15. The summed E-state index contributed by atoms with van der Waals surface area (Å²) in [6.07, 6.45) is -2.01. The van der Waals surface area contributed by atoms with Gasteiger partial charge < -0.3 is 5.32 Å². The fourth-order valence-corrected chi connectivity index (χ4v) is 1.71. The number of nitrogens with one attached hydrogen (secondary N) is 1. The molecule has 0 aliphatic rings. The van der Waals surface area contributed by atoms with E-state index in [1.165, 1.54) is 23.4 Å². The smallest absolute Gasteiger partial charge is 0.324 e. The van der Waals surface area contributed by atoms with E-state index in [2.05, 4.69) is 15.4 Å². The Labute approximate surface area is 116 Å². The zero-order valence-corrected chi connectivity index (χ0v) is 10.6. The minimum atomic E-state index is -4.58. The third-order valence-electron chi connectivity index (χ3n) is 2.33. The number of halogens is 4. The monoisotopic (exact) mass is 304 g/mol. The standard InChI is InChI=1S/C11H8ClF3N4O/c12-9-2-1-7(3-8(9)11(13,14)15)18-10(20)4-19-6-16-5-17-19/h1-3,5-6H,4H2,(H,18,20). The fourth-order valence-electron chi connectivity index (χ4n) is 1.48. The first-order valence-electron chi connectivity index (χ1n) is 5.35. The predicted octanol–water partition coefficient (Wildman–Crippen LogP) is 2.59. The van der Waals surface area contributed by atoms with E-state index in [0.29, 0.717) is 0 Å². The minimum absolute atomic E-state index is 0.00633. The largest absolute Gasteiger partial charge is 0.417 e. The first-order valence-corrected chi connectivity index (χ1v) is 5.73. The van der Waals surface area contributed by atoms with Crippen molar-refractivity contribution in [1.29, 1.82) is 0 Å². The van der Waals surface area contributed by atoms with E-state index in [1.807, 2.05) is 0 Å². The van der Waals surface area contributed by atoms with Crippen LogP contribution in [0.3, 0.4) is 0 Å². The molecule has 0 bridgehead atoms. The number of nitrogens with zero attached hydrogens (tertiary/aromatic N) is 3. The van der Waals surface area contributed by atoms with Crippen molar-refractivity contribution < 1.29 is 18.0 Å². The van der Waals surface area contributed by atoms with E-state index in [4.69, 9.17) is 11.6 Å². The molecule has 1 aromatic carbocycles. The van der Waals surface area contributed by atoms with E-state index in [0.717, 1.165) is 12.1 Å². The predicted molar refractivity (Wildman–Crippen MR) is 65.1 cm³/mol. The Balaban J connectivity index is 2.12. The molecule has 106 valence electrons. The third kappa shape index (κ3) is 3.47. The highest BCUT2D eigenvalue weighted by Crippen LogP contribution is 2.36. The van der Waals surface area contributed by atoms with Crippen LogP contribution in [-0.4, -0.2) is 20.7 Å². The summed E-state index contributed by atoms with van der Waals surface area (Å²) in [5.41, 5.74) is -0.996. The lowest BCUT2D eigenvalue weighted by Crippen LogP contribution is -2.19. The van der Waals surface area contributed by atoms with E-state index in [1.54, 1.807) is 0 Å². The van der Waals surface area contributed by atoms with Gasteiger partial charge in [-0.15, -0.1) is 0 Å². The molecular weight excluding hydrogens is 297 g/mol. The van der Waals surface area contributed by atoms with Crippen LogP contribution >= 0.6 is 11.6 Å². The number of benzene rings is 1. The van der Waals surface area contributed by atoms with Crippen molar-refractivity contribution in [3.8, 4) is 0 Å². The first-order chi connectivity index (χ1) is 9.36. The number of alkyl halides is 3. The molecule has 0 unspecified atom stereocenters. The van der Waals surface area contributed by atoms with Crippen LogP contribution in [0, 0.1) is 0 Å². The third-order valence-corrected chi connectivity index (χ3v) is 2.66. The molecule has 0 radical (unpaired) electrons. The molecule has 1 heterocycles. The zero-order valence-electron chi connectivity index (χ0n) is 9.86. The molecule has 0 saturated carbocycles. The summed E-state index contributed by atoms with van der Waals surface area (Å²) in [5, 5.41) is 5.62. The number of aromatic nitrogens is 3. The molecule has 0 fully saturated rings. The number of anilines is 1. The van der Waals surface area contributed by atoms with Gasteiger partial charge in [0.05, 0.1) is 10.6 Å². The second-order valence-electron chi connectivity index (χ2n) is 3.83. The maximum atomic E-state index is 12.7. The molecule has 1 aromatic heterocycles. The van der Waals surface area contributed by atoms with Crippen LogP contribution in [0.5, 0.6) is 0 Å². The Morgan fingerprint density at radius 2 is 2.15 bits per heavy atom. The van der Waals surface area contributed by atoms with Crippen molar-refractivity contribution in [2.75, 3.05) is 5.32 Å². The highest BCUT2D eigenvalue weighted by molar-refractivity contribution is 6.31. The van der Waals surface area contributed by atoms with Crippen molar-refractivity contribution in [3.05, 3.63) is 41.4 Å². The summed E-state index contributed by atoms with van der Waals surface area (Å²) < 4.78 is 39.2. The lowest BCUT2D eigenvalue weighted by molar-refractivity contribution is -0.137. The van der Waals surface area contributed by atoms with Gasteiger partial charge in [-0.1, -0.05) is 11.6 Å². The number of hydrogen-bond donors (Lipinski definition) is 1. The van der Waals surface area contributed by atoms with Gasteiger partial charge in [0.1, 0.15) is 19.2 Å². The molecular formula is C11H8ClF3N4O. The van der Waals surface area contributed by atoms with Crippen LogP contribution < -0.4 is 5.32 Å². The first kappa shape index (κ1) is 14.3. The normalized spacial score (nSPS) is 11.4. The van der Waals surface area contributed by atoms with Crippen LogP contribution in [0.2, 0.25) is 5.02 Å². The van der Waals surface area contributed by atoms with Crippen LogP contribution in [0.1, 0.15) is 5.56 Å². The summed E-state index contributed by atoms with van der Waals surface area (Å²) >= 11 is 5.48. The van der Waals surface area contributed by atoms with Crippen LogP contribution in [0.4, 0.5) is 18.9 Å². The van der Waals surface area contributed by atoms with E-state index in [9.17, 15) is 18.0 Å². The maximum Gasteiger partial charge on any atom is 0.417 e. The second-order valence-corrected chi connectivity index (χ2v) is 4.24. The summed E-state index contributed by atoms with van der Waals surface area (Å²) in [4.78, 5) is 15.3. The maximum absolute atomic E-state index is 12.7. The number of rotatable bonds is 3. The van der Waals surface area contributed by atoms with Crippen molar-refractivity contribution in [2.24, 2.45) is 0 Å². The quantitative estimate of drug-likeness (QED) is 0.948. The van der Waals surface area contributed by atoms with Gasteiger partial charge in [-0.25, -0.2) is 9.67 Å². The Bertz CT molecular complexity index is 613. The molecule has 20 heavy (non-hydrogen) atoms. The molecule has 2 aromatic rings. The van der Waals surface area contributed by atoms with Crippen LogP contribution in [0.25, 0.3) is 0 Å². The Hall–Kier alpha value is -2.09. The van der Waals surface area contributed by atoms with Gasteiger partial charge >= 0.3 is 6.18 Å². The molecule has 1 N–H and O–H groups in total. The molecule has 2 rings (SSSR count). The molecule has 1 amide bonds. The summed E-state index contributed by atoms with van der Waals surface area (Å²) in [5.74, 6) is -0.522. The molecule has 0 atom stereocenters. The fraction of sp³-hybridized carbons (Fsp3) is 0.182. The Morgan fingerprint density at radius 3 is 2.75 bits per heavy atom. The highest BCUT2D eigenvalue weighted by Gasteiger charge is 2.33. The van der Waals surface area contributed by atoms with Crippen molar-refractivity contribution >= 4 is 23.2 Å². The average Bonchev–Trinajstić information content (AvgIpc) is 2.83. The number of carbonyl (C=O) groups is 1. The highest BCUT2D eigenvalue weighted by atomic mass is 35.5. The van der Waals surface area contributed by atoms with Gasteiger partial charge in [0.15, 0.2) is 0 Å². The average molecular weight is 305 g/mol. The van der Waals surface area contributed by atoms with Crippen molar-refractivity contribution in [1.82, 2.24) is 14.8 Å². The topological polar surface area (TPSA) is 59.8 Å². The van der Waals surface area contributed by atoms with Crippen LogP contribution in [-0.2, 0) is 17.5 Å². The SMILES string of the molecule is O=C(Cn1cncn1)Nc1ccc(Cl)c(C(F)(F)F)c1. The van der Waals surface area contributed by atoms with E-state index in [-0.39, 0.29) is 12.2 Å². The van der Waals surface area contributed by atoms with Gasteiger partial charge in [0.25, 0.3) is 0 Å².